The van der Waals surface area contributed by atoms with E-state index >= 15 is 0 Å². The number of carbonyl (C=O) groups is 1. The summed E-state index contributed by atoms with van der Waals surface area (Å²) in [6.45, 7) is 3.25. The van der Waals surface area contributed by atoms with Crippen LogP contribution in [0.5, 0.6) is 5.75 Å². The van der Waals surface area contributed by atoms with Crippen LogP contribution in [0.2, 0.25) is 5.02 Å². The van der Waals surface area contributed by atoms with Crippen molar-refractivity contribution < 1.29 is 28.2 Å². The Morgan fingerprint density at radius 3 is 2.68 bits per heavy atom. The van der Waals surface area contributed by atoms with Crippen molar-refractivity contribution in [1.29, 1.82) is 0 Å². The van der Waals surface area contributed by atoms with Crippen LogP contribution in [0.3, 0.4) is 0 Å². The maximum atomic E-state index is 14.6. The van der Waals surface area contributed by atoms with E-state index in [4.69, 9.17) is 20.5 Å². The Bertz CT molecular complexity index is 1310. The van der Waals surface area contributed by atoms with E-state index in [0.29, 0.717) is 0 Å². The zero-order valence-corrected chi connectivity index (χ0v) is 17.6. The van der Waals surface area contributed by atoms with Crippen LogP contribution in [-0.2, 0) is 6.42 Å². The van der Waals surface area contributed by atoms with E-state index < -0.39 is 35.9 Å². The number of aliphatic hydroxyl groups is 1. The number of benzene rings is 2. The number of nitrogens with zero attached hydrogens (tertiary/aromatic N) is 1. The monoisotopic (exact) mass is 450 g/mol. The van der Waals surface area contributed by atoms with Crippen LogP contribution in [0.25, 0.3) is 10.9 Å². The SMILES string of the molecule is [2H]C([2H])([2H])Oc1cc2c(cc1Cc1cccc(Cl)c1F)c(=O)c(C(=O)O)cn2[C@H](CO)C(C)C. The smallest absolute Gasteiger partial charge is 0.341 e. The van der Waals surface area contributed by atoms with Gasteiger partial charge in [-0.15, -0.1) is 0 Å². The minimum absolute atomic E-state index is 0.0330. The molecule has 2 N–H and O–H groups in total. The molecule has 0 aliphatic carbocycles. The van der Waals surface area contributed by atoms with Gasteiger partial charge >= 0.3 is 5.97 Å². The maximum absolute atomic E-state index is 14.6. The molecule has 0 spiro atoms. The molecule has 3 aromatic rings. The predicted molar refractivity (Wildman–Crippen MR) is 117 cm³/mol. The summed E-state index contributed by atoms with van der Waals surface area (Å²) >= 11 is 5.86. The Morgan fingerprint density at radius 1 is 1.32 bits per heavy atom. The number of aliphatic hydroxyl groups excluding tert-OH is 1. The van der Waals surface area contributed by atoms with Gasteiger partial charge in [0.2, 0.25) is 5.43 Å². The van der Waals surface area contributed by atoms with Crippen LogP contribution in [0.15, 0.2) is 41.3 Å². The first-order valence-electron chi connectivity index (χ1n) is 11.0. The number of aromatic carboxylic acids is 1. The van der Waals surface area contributed by atoms with Crippen molar-refractivity contribution in [1.82, 2.24) is 4.57 Å². The molecule has 164 valence electrons. The highest BCUT2D eigenvalue weighted by atomic mass is 35.5. The summed E-state index contributed by atoms with van der Waals surface area (Å²) in [4.78, 5) is 24.8. The van der Waals surface area contributed by atoms with Gasteiger partial charge in [0.1, 0.15) is 17.1 Å². The van der Waals surface area contributed by atoms with Gasteiger partial charge in [0.05, 0.1) is 34.3 Å². The van der Waals surface area contributed by atoms with Crippen molar-refractivity contribution >= 4 is 28.5 Å². The number of fused-ring (bicyclic) bond motifs is 1. The second kappa shape index (κ2) is 9.08. The molecule has 0 saturated carbocycles. The first kappa shape index (κ1) is 18.8. The summed E-state index contributed by atoms with van der Waals surface area (Å²) in [5.41, 5.74) is -0.853. The number of carboxylic acids is 1. The second-order valence-electron chi connectivity index (χ2n) is 7.55. The van der Waals surface area contributed by atoms with E-state index in [0.717, 1.165) is 6.20 Å². The Kier molecular flexibility index (Phi) is 5.51. The molecular formula is C23H23ClFNO5. The van der Waals surface area contributed by atoms with Crippen molar-refractivity contribution in [3.63, 3.8) is 0 Å². The molecule has 3 rings (SSSR count). The number of aromatic nitrogens is 1. The number of ether oxygens (including phenoxy) is 1. The van der Waals surface area contributed by atoms with Crippen molar-refractivity contribution in [3.8, 4) is 5.75 Å². The lowest BCUT2D eigenvalue weighted by Crippen LogP contribution is -2.25. The Hall–Kier alpha value is -2.90. The molecule has 0 fully saturated rings. The fourth-order valence-electron chi connectivity index (χ4n) is 3.59. The first-order chi connectivity index (χ1) is 15.8. The number of halogens is 2. The second-order valence-corrected chi connectivity index (χ2v) is 7.95. The van der Waals surface area contributed by atoms with Gasteiger partial charge in [-0.3, -0.25) is 4.79 Å². The highest BCUT2D eigenvalue weighted by molar-refractivity contribution is 6.30. The molecule has 1 heterocycles. The van der Waals surface area contributed by atoms with Gasteiger partial charge in [-0.2, -0.15) is 0 Å². The largest absolute Gasteiger partial charge is 0.496 e. The number of rotatable bonds is 7. The van der Waals surface area contributed by atoms with Crippen molar-refractivity contribution in [2.45, 2.75) is 26.3 Å². The zero-order chi connectivity index (χ0) is 25.4. The average Bonchev–Trinajstić information content (AvgIpc) is 2.72. The van der Waals surface area contributed by atoms with E-state index in [1.807, 2.05) is 0 Å². The first-order valence-corrected chi connectivity index (χ1v) is 9.89. The van der Waals surface area contributed by atoms with Crippen molar-refractivity contribution in [3.05, 3.63) is 74.3 Å². The predicted octanol–water partition coefficient (Wildman–Crippen LogP) is 4.28. The Morgan fingerprint density at radius 2 is 2.06 bits per heavy atom. The standard InChI is InChI=1S/C23H23ClFNO5/c1-12(2)19(11-27)26-10-16(23(29)30)22(28)15-8-14(20(31-3)9-18(15)26)7-13-5-4-6-17(24)21(13)25/h4-6,8-10,12,19,27H,7,11H2,1-3H3,(H,29,30)/t19-/m1/s1/i3D3. The van der Waals surface area contributed by atoms with Crippen LogP contribution >= 0.6 is 11.6 Å². The number of methoxy groups -OCH3 is 1. The number of pyridine rings is 1. The van der Waals surface area contributed by atoms with E-state index in [2.05, 4.69) is 0 Å². The molecule has 0 saturated heterocycles. The van der Waals surface area contributed by atoms with Gasteiger partial charge in [0.25, 0.3) is 0 Å². The minimum atomic E-state index is -2.85. The van der Waals surface area contributed by atoms with Crippen LogP contribution in [0.4, 0.5) is 4.39 Å². The minimum Gasteiger partial charge on any atom is -0.496 e. The van der Waals surface area contributed by atoms with E-state index in [1.165, 1.54) is 34.9 Å². The van der Waals surface area contributed by atoms with E-state index in [1.54, 1.807) is 13.8 Å². The summed E-state index contributed by atoms with van der Waals surface area (Å²) in [5, 5.41) is 19.4. The molecule has 1 aromatic heterocycles. The third kappa shape index (κ3) is 4.29. The molecular weight excluding hydrogens is 425 g/mol. The normalized spacial score (nSPS) is 14.2. The Labute approximate surface area is 187 Å². The molecule has 31 heavy (non-hydrogen) atoms. The summed E-state index contributed by atoms with van der Waals surface area (Å²) in [6, 6.07) is 6.33. The van der Waals surface area contributed by atoms with Crippen LogP contribution < -0.4 is 10.2 Å². The molecule has 0 radical (unpaired) electrons. The molecule has 1 atom stereocenters. The quantitative estimate of drug-likeness (QED) is 0.560. The zero-order valence-electron chi connectivity index (χ0n) is 19.9. The summed E-state index contributed by atoms with van der Waals surface area (Å²) in [6.07, 6.45) is 0.960. The molecule has 0 aliphatic heterocycles. The van der Waals surface area contributed by atoms with E-state index in [9.17, 15) is 24.2 Å². The fraction of sp³-hybridized carbons (Fsp3) is 0.304. The van der Waals surface area contributed by atoms with Crippen molar-refractivity contribution in [2.24, 2.45) is 5.92 Å². The molecule has 8 heteroatoms. The summed E-state index contributed by atoms with van der Waals surface area (Å²) in [7, 11) is -2.85. The highest BCUT2D eigenvalue weighted by Crippen LogP contribution is 2.31. The molecule has 0 unspecified atom stereocenters. The third-order valence-corrected chi connectivity index (χ3v) is 5.57. The third-order valence-electron chi connectivity index (χ3n) is 5.28. The topological polar surface area (TPSA) is 88.8 Å². The van der Waals surface area contributed by atoms with Crippen LogP contribution in [0, 0.1) is 11.7 Å². The molecule has 2 aromatic carbocycles. The van der Waals surface area contributed by atoms with Gasteiger partial charge in [0.15, 0.2) is 0 Å². The summed E-state index contributed by atoms with van der Waals surface area (Å²) < 4.78 is 43.8. The lowest BCUT2D eigenvalue weighted by molar-refractivity contribution is 0.0694. The van der Waals surface area contributed by atoms with Gasteiger partial charge in [0, 0.05) is 24.1 Å². The lowest BCUT2D eigenvalue weighted by Gasteiger charge is -2.25. The highest BCUT2D eigenvalue weighted by Gasteiger charge is 2.23. The number of hydrogen-bond acceptors (Lipinski definition) is 4. The van der Waals surface area contributed by atoms with Gasteiger partial charge < -0.3 is 19.5 Å². The molecule has 0 bridgehead atoms. The molecule has 0 aliphatic rings. The number of hydrogen-bond donors (Lipinski definition) is 2. The molecule has 6 nitrogen and oxygen atoms in total. The van der Waals surface area contributed by atoms with Gasteiger partial charge in [-0.05, 0) is 29.2 Å². The maximum Gasteiger partial charge on any atom is 0.341 e. The van der Waals surface area contributed by atoms with Crippen LogP contribution in [0.1, 0.15) is 45.5 Å². The number of carboxylic acid groups (broad SMARTS) is 1. The van der Waals surface area contributed by atoms with Crippen LogP contribution in [-0.4, -0.2) is 34.4 Å². The van der Waals surface area contributed by atoms with Gasteiger partial charge in [-0.25, -0.2) is 9.18 Å². The lowest BCUT2D eigenvalue weighted by atomic mass is 9.98. The Balaban J connectivity index is 2.38. The molecule has 0 amide bonds. The van der Waals surface area contributed by atoms with Crippen molar-refractivity contribution in [2.75, 3.05) is 13.6 Å². The van der Waals surface area contributed by atoms with E-state index in [-0.39, 0.29) is 51.7 Å². The fourth-order valence-corrected chi connectivity index (χ4v) is 3.79. The average molecular weight is 451 g/mol. The van der Waals surface area contributed by atoms with Gasteiger partial charge in [-0.1, -0.05) is 37.6 Å². The summed E-state index contributed by atoms with van der Waals surface area (Å²) in [5.74, 6) is -2.46.